The van der Waals surface area contributed by atoms with Crippen molar-refractivity contribution in [2.45, 2.75) is 57.8 Å². The lowest BCUT2D eigenvalue weighted by molar-refractivity contribution is -0.136. The number of hydrogen-bond acceptors (Lipinski definition) is 5. The predicted molar refractivity (Wildman–Crippen MR) is 132 cm³/mol. The molecule has 0 spiro atoms. The molecule has 1 fully saturated rings. The van der Waals surface area contributed by atoms with E-state index in [1.807, 2.05) is 12.1 Å². The molecule has 1 heterocycles. The first-order chi connectivity index (χ1) is 16.2. The molecule has 1 amide bonds. The van der Waals surface area contributed by atoms with Gasteiger partial charge in [-0.25, -0.2) is 13.2 Å². The first-order valence-electron chi connectivity index (χ1n) is 11.9. The fraction of sp³-hybridized carbons (Fsp3) is 0.462. The Labute approximate surface area is 202 Å². The lowest BCUT2D eigenvalue weighted by atomic mass is 10.0. The number of unbranched alkanes of at least 4 members (excludes halogenated alkanes) is 1. The lowest BCUT2D eigenvalue weighted by Crippen LogP contribution is -2.41. The van der Waals surface area contributed by atoms with Crippen molar-refractivity contribution in [2.24, 2.45) is 5.92 Å². The Bertz CT molecular complexity index is 1110. The average molecular weight is 487 g/mol. The highest BCUT2D eigenvalue weighted by molar-refractivity contribution is 7.92. The number of hydrogen-bond donors (Lipinski definition) is 1. The summed E-state index contributed by atoms with van der Waals surface area (Å²) in [5, 5.41) is 0. The summed E-state index contributed by atoms with van der Waals surface area (Å²) >= 11 is 0. The smallest absolute Gasteiger partial charge is 0.338 e. The van der Waals surface area contributed by atoms with Gasteiger partial charge < -0.3 is 9.64 Å². The van der Waals surface area contributed by atoms with Gasteiger partial charge in [0.25, 0.3) is 15.9 Å². The molecule has 0 aromatic heterocycles. The lowest BCUT2D eigenvalue weighted by Gasteiger charge is -2.30. The zero-order valence-corrected chi connectivity index (χ0v) is 21.0. The van der Waals surface area contributed by atoms with Crippen LogP contribution < -0.4 is 4.72 Å². The predicted octanol–water partition coefficient (Wildman–Crippen LogP) is 4.55. The van der Waals surface area contributed by atoms with Crippen molar-refractivity contribution in [3.63, 3.8) is 0 Å². The SMILES string of the molecule is CCCCc1ccc(NS(=O)(=O)c2cc(C(=O)OCC(=O)N3CCCC(C)C3)ccc2C)cc1. The molecule has 1 unspecified atom stereocenters. The van der Waals surface area contributed by atoms with Crippen LogP contribution >= 0.6 is 0 Å². The Morgan fingerprint density at radius 3 is 2.56 bits per heavy atom. The number of ether oxygens (including phenoxy) is 1. The van der Waals surface area contributed by atoms with E-state index < -0.39 is 16.0 Å². The second-order valence-corrected chi connectivity index (χ2v) is 10.7. The molecular formula is C26H34N2O5S. The zero-order valence-electron chi connectivity index (χ0n) is 20.2. The molecule has 0 saturated carbocycles. The van der Waals surface area contributed by atoms with Gasteiger partial charge in [-0.15, -0.1) is 0 Å². The van der Waals surface area contributed by atoms with Crippen molar-refractivity contribution >= 4 is 27.6 Å². The quantitative estimate of drug-likeness (QED) is 0.525. The van der Waals surface area contributed by atoms with E-state index in [1.54, 1.807) is 30.0 Å². The molecule has 184 valence electrons. The van der Waals surface area contributed by atoms with Gasteiger partial charge in [0.1, 0.15) is 0 Å². The van der Waals surface area contributed by atoms with Gasteiger partial charge in [-0.2, -0.15) is 0 Å². The van der Waals surface area contributed by atoms with Crippen molar-refractivity contribution in [3.8, 4) is 0 Å². The standard InChI is InChI=1S/C26H34N2O5S/c1-4-5-8-21-10-13-23(14-11-21)27-34(31,32)24-16-22(12-9-20(24)3)26(30)33-18-25(29)28-15-6-7-19(2)17-28/h9-14,16,19,27H,4-8,15,17-18H2,1-3H3. The van der Waals surface area contributed by atoms with Crippen LogP contribution in [0, 0.1) is 12.8 Å². The number of aryl methyl sites for hydroxylation is 2. The Hall–Kier alpha value is -2.87. The Kier molecular flexibility index (Phi) is 8.72. The van der Waals surface area contributed by atoms with E-state index >= 15 is 0 Å². The van der Waals surface area contributed by atoms with Gasteiger partial charge in [-0.05, 0) is 73.9 Å². The first kappa shape index (κ1) is 25.7. The van der Waals surface area contributed by atoms with Gasteiger partial charge in [0, 0.05) is 18.8 Å². The van der Waals surface area contributed by atoms with Crippen LogP contribution in [0.25, 0.3) is 0 Å². The minimum Gasteiger partial charge on any atom is -0.452 e. The van der Waals surface area contributed by atoms with Crippen LogP contribution in [-0.2, 0) is 26.0 Å². The van der Waals surface area contributed by atoms with E-state index in [0.29, 0.717) is 30.3 Å². The van der Waals surface area contributed by atoms with E-state index in [9.17, 15) is 18.0 Å². The molecule has 34 heavy (non-hydrogen) atoms. The molecule has 1 atom stereocenters. The molecule has 7 nitrogen and oxygen atoms in total. The maximum atomic E-state index is 13.0. The van der Waals surface area contributed by atoms with Crippen LogP contribution in [0.2, 0.25) is 0 Å². The maximum absolute atomic E-state index is 13.0. The summed E-state index contributed by atoms with van der Waals surface area (Å²) in [6, 6.07) is 11.7. The highest BCUT2D eigenvalue weighted by Crippen LogP contribution is 2.22. The first-order valence-corrected chi connectivity index (χ1v) is 13.3. The van der Waals surface area contributed by atoms with Crippen LogP contribution in [0.4, 0.5) is 5.69 Å². The molecule has 1 saturated heterocycles. The van der Waals surface area contributed by atoms with Gasteiger partial charge in [0.05, 0.1) is 10.5 Å². The van der Waals surface area contributed by atoms with Crippen LogP contribution in [0.3, 0.4) is 0 Å². The van der Waals surface area contributed by atoms with Crippen LogP contribution in [0.1, 0.15) is 61.0 Å². The summed E-state index contributed by atoms with van der Waals surface area (Å²) in [7, 11) is -3.92. The molecular weight excluding hydrogens is 452 g/mol. The van der Waals surface area contributed by atoms with E-state index in [1.165, 1.54) is 12.1 Å². The molecule has 0 bridgehead atoms. The minimum atomic E-state index is -3.92. The van der Waals surface area contributed by atoms with Gasteiger partial charge in [0.15, 0.2) is 6.61 Å². The number of sulfonamides is 1. The summed E-state index contributed by atoms with van der Waals surface area (Å²) in [6.07, 6.45) is 5.15. The highest BCUT2D eigenvalue weighted by Gasteiger charge is 2.23. The van der Waals surface area contributed by atoms with Crippen LogP contribution in [-0.4, -0.2) is 44.9 Å². The highest BCUT2D eigenvalue weighted by atomic mass is 32.2. The van der Waals surface area contributed by atoms with Crippen molar-refractivity contribution in [3.05, 3.63) is 59.2 Å². The summed E-state index contributed by atoms with van der Waals surface area (Å²) in [5.74, 6) is -0.530. The second kappa shape index (κ2) is 11.5. The molecule has 8 heteroatoms. The number of likely N-dealkylation sites (tertiary alicyclic amines) is 1. The Morgan fingerprint density at radius 1 is 1.15 bits per heavy atom. The number of esters is 1. The number of carbonyl (C=O) groups is 2. The van der Waals surface area contributed by atoms with Crippen molar-refractivity contribution in [1.82, 2.24) is 4.90 Å². The van der Waals surface area contributed by atoms with E-state index in [2.05, 4.69) is 18.6 Å². The van der Waals surface area contributed by atoms with Crippen LogP contribution in [0.5, 0.6) is 0 Å². The largest absolute Gasteiger partial charge is 0.452 e. The summed E-state index contributed by atoms with van der Waals surface area (Å²) in [4.78, 5) is 26.7. The zero-order chi connectivity index (χ0) is 24.7. The van der Waals surface area contributed by atoms with Crippen molar-refractivity contribution in [2.75, 3.05) is 24.4 Å². The monoisotopic (exact) mass is 486 g/mol. The van der Waals surface area contributed by atoms with Gasteiger partial charge in [-0.1, -0.05) is 38.5 Å². The molecule has 1 N–H and O–H groups in total. The molecule has 1 aliphatic heterocycles. The number of nitrogens with one attached hydrogen (secondary N) is 1. The van der Waals surface area contributed by atoms with Gasteiger partial charge >= 0.3 is 5.97 Å². The van der Waals surface area contributed by atoms with Crippen molar-refractivity contribution in [1.29, 1.82) is 0 Å². The number of nitrogens with zero attached hydrogens (tertiary/aromatic N) is 1. The molecule has 2 aromatic carbocycles. The van der Waals surface area contributed by atoms with E-state index in [4.69, 9.17) is 4.74 Å². The fourth-order valence-corrected chi connectivity index (χ4v) is 5.40. The van der Waals surface area contributed by atoms with Gasteiger partial charge in [-0.3, -0.25) is 9.52 Å². The number of rotatable bonds is 9. The van der Waals surface area contributed by atoms with E-state index in [0.717, 1.165) is 37.7 Å². The number of carbonyl (C=O) groups excluding carboxylic acids is 2. The van der Waals surface area contributed by atoms with Gasteiger partial charge in [0.2, 0.25) is 0 Å². The topological polar surface area (TPSA) is 92.8 Å². The number of anilines is 1. The second-order valence-electron chi connectivity index (χ2n) is 9.05. The Morgan fingerprint density at radius 2 is 1.88 bits per heavy atom. The third-order valence-corrected chi connectivity index (χ3v) is 7.60. The maximum Gasteiger partial charge on any atom is 0.338 e. The number of amides is 1. The third-order valence-electron chi connectivity index (χ3n) is 6.07. The molecule has 0 radical (unpaired) electrons. The van der Waals surface area contributed by atoms with Crippen LogP contribution in [0.15, 0.2) is 47.4 Å². The minimum absolute atomic E-state index is 0.00630. The third kappa shape index (κ3) is 6.82. The number of benzene rings is 2. The normalized spacial score (nSPS) is 16.2. The fourth-order valence-electron chi connectivity index (χ4n) is 4.06. The summed E-state index contributed by atoms with van der Waals surface area (Å²) in [5.41, 5.74) is 2.19. The molecule has 0 aliphatic carbocycles. The summed E-state index contributed by atoms with van der Waals surface area (Å²) in [6.45, 7) is 6.85. The van der Waals surface area contributed by atoms with Crippen molar-refractivity contribution < 1.29 is 22.7 Å². The Balaban J connectivity index is 1.67. The molecule has 3 rings (SSSR count). The summed E-state index contributed by atoms with van der Waals surface area (Å²) < 4.78 is 33.9. The molecule has 1 aliphatic rings. The van der Waals surface area contributed by atoms with E-state index in [-0.39, 0.29) is 23.0 Å². The number of piperidine rings is 1. The molecule has 2 aromatic rings. The average Bonchev–Trinajstić information content (AvgIpc) is 2.81.